The predicted octanol–water partition coefficient (Wildman–Crippen LogP) is 3.14. The summed E-state index contributed by atoms with van der Waals surface area (Å²) in [6.07, 6.45) is 3.41. The number of aromatic nitrogens is 2. The maximum absolute atomic E-state index is 9.42. The Bertz CT molecular complexity index is 577. The average Bonchev–Trinajstić information content (AvgIpc) is 2.77. The molecule has 0 spiro atoms. The molecule has 18 heavy (non-hydrogen) atoms. The number of benzene rings is 1. The molecule has 0 saturated carbocycles. The van der Waals surface area contributed by atoms with Crippen LogP contribution in [0, 0.1) is 0 Å². The summed E-state index contributed by atoms with van der Waals surface area (Å²) in [7, 11) is 0. The van der Waals surface area contributed by atoms with Crippen molar-refractivity contribution in [2.24, 2.45) is 0 Å². The molecule has 0 atom stereocenters. The summed E-state index contributed by atoms with van der Waals surface area (Å²) in [6, 6.07) is 8.17. The van der Waals surface area contributed by atoms with Crippen molar-refractivity contribution < 1.29 is 5.11 Å². The van der Waals surface area contributed by atoms with Gasteiger partial charge in [-0.3, -0.25) is 0 Å². The Labute approximate surface area is 115 Å². The molecule has 1 aliphatic rings. The SMILES string of the molecule is OCc1nc(-c2cccc(Br)c2)n2c1CCCC2. The first-order valence-corrected chi connectivity index (χ1v) is 7.04. The second-order valence-electron chi connectivity index (χ2n) is 4.61. The van der Waals surface area contributed by atoms with Gasteiger partial charge in [-0.2, -0.15) is 0 Å². The molecule has 94 valence electrons. The first-order valence-electron chi connectivity index (χ1n) is 6.24. The van der Waals surface area contributed by atoms with Crippen molar-refractivity contribution in [1.82, 2.24) is 9.55 Å². The molecule has 3 nitrogen and oxygen atoms in total. The first kappa shape index (κ1) is 11.9. The normalized spacial score (nSPS) is 14.6. The van der Waals surface area contributed by atoms with E-state index in [0.29, 0.717) is 0 Å². The molecule has 0 aliphatic carbocycles. The Balaban J connectivity index is 2.14. The van der Waals surface area contributed by atoms with Crippen molar-refractivity contribution >= 4 is 15.9 Å². The quantitative estimate of drug-likeness (QED) is 0.925. The summed E-state index contributed by atoms with van der Waals surface area (Å²) in [5, 5.41) is 9.42. The van der Waals surface area contributed by atoms with E-state index < -0.39 is 0 Å². The molecule has 0 bridgehead atoms. The van der Waals surface area contributed by atoms with Gasteiger partial charge in [-0.15, -0.1) is 0 Å². The van der Waals surface area contributed by atoms with Crippen LogP contribution in [-0.4, -0.2) is 14.7 Å². The highest BCUT2D eigenvalue weighted by atomic mass is 79.9. The second-order valence-corrected chi connectivity index (χ2v) is 5.52. The number of nitrogens with zero attached hydrogens (tertiary/aromatic N) is 2. The summed E-state index contributed by atoms with van der Waals surface area (Å²) >= 11 is 3.49. The minimum absolute atomic E-state index is 0.0311. The van der Waals surface area contributed by atoms with Crippen LogP contribution in [0.2, 0.25) is 0 Å². The molecule has 1 aromatic carbocycles. The monoisotopic (exact) mass is 306 g/mol. The highest BCUT2D eigenvalue weighted by Gasteiger charge is 2.20. The zero-order valence-corrected chi connectivity index (χ0v) is 11.7. The number of fused-ring (bicyclic) bond motifs is 1. The summed E-state index contributed by atoms with van der Waals surface area (Å²) in [5.41, 5.74) is 3.15. The fraction of sp³-hybridized carbons (Fsp3) is 0.357. The largest absolute Gasteiger partial charge is 0.390 e. The van der Waals surface area contributed by atoms with Crippen LogP contribution < -0.4 is 0 Å². The zero-order chi connectivity index (χ0) is 12.5. The lowest BCUT2D eigenvalue weighted by Crippen LogP contribution is -2.12. The Hall–Kier alpha value is -1.13. The maximum atomic E-state index is 9.42. The van der Waals surface area contributed by atoms with E-state index >= 15 is 0 Å². The number of hydrogen-bond donors (Lipinski definition) is 1. The molecule has 0 amide bonds. The van der Waals surface area contributed by atoms with Gasteiger partial charge in [0, 0.05) is 22.3 Å². The van der Waals surface area contributed by atoms with Gasteiger partial charge in [0.2, 0.25) is 0 Å². The number of hydrogen-bond acceptors (Lipinski definition) is 2. The minimum atomic E-state index is 0.0311. The van der Waals surface area contributed by atoms with Crippen LogP contribution in [-0.2, 0) is 19.6 Å². The Kier molecular flexibility index (Phi) is 3.22. The smallest absolute Gasteiger partial charge is 0.140 e. The highest BCUT2D eigenvalue weighted by molar-refractivity contribution is 9.10. The van der Waals surface area contributed by atoms with E-state index in [0.717, 1.165) is 34.5 Å². The van der Waals surface area contributed by atoms with Crippen LogP contribution >= 0.6 is 15.9 Å². The van der Waals surface area contributed by atoms with Crippen molar-refractivity contribution in [2.45, 2.75) is 32.4 Å². The zero-order valence-electron chi connectivity index (χ0n) is 10.1. The van der Waals surface area contributed by atoms with Crippen molar-refractivity contribution in [3.8, 4) is 11.4 Å². The predicted molar refractivity (Wildman–Crippen MR) is 74.2 cm³/mol. The van der Waals surface area contributed by atoms with Crippen molar-refractivity contribution in [2.75, 3.05) is 0 Å². The second kappa shape index (κ2) is 4.86. The summed E-state index contributed by atoms with van der Waals surface area (Å²) in [6.45, 7) is 1.04. The first-order chi connectivity index (χ1) is 8.79. The number of imidazole rings is 1. The van der Waals surface area contributed by atoms with Crippen LogP contribution in [0.15, 0.2) is 28.7 Å². The van der Waals surface area contributed by atoms with Gasteiger partial charge >= 0.3 is 0 Å². The third-order valence-electron chi connectivity index (χ3n) is 3.43. The molecular weight excluding hydrogens is 292 g/mol. The van der Waals surface area contributed by atoms with Gasteiger partial charge in [0.05, 0.1) is 12.3 Å². The van der Waals surface area contributed by atoms with Crippen molar-refractivity contribution in [3.63, 3.8) is 0 Å². The molecule has 3 rings (SSSR count). The number of rotatable bonds is 2. The van der Waals surface area contributed by atoms with Crippen molar-refractivity contribution in [3.05, 3.63) is 40.1 Å². The fourth-order valence-electron chi connectivity index (χ4n) is 2.59. The van der Waals surface area contributed by atoms with Gasteiger partial charge in [-0.25, -0.2) is 4.98 Å². The van der Waals surface area contributed by atoms with Crippen LogP contribution in [0.4, 0.5) is 0 Å². The van der Waals surface area contributed by atoms with Crippen LogP contribution in [0.5, 0.6) is 0 Å². The molecular formula is C14H15BrN2O. The van der Waals surface area contributed by atoms with Crippen molar-refractivity contribution in [1.29, 1.82) is 0 Å². The third kappa shape index (κ3) is 1.99. The fourth-order valence-corrected chi connectivity index (χ4v) is 2.99. The van der Waals surface area contributed by atoms with E-state index in [2.05, 4.69) is 37.6 Å². The van der Waals surface area contributed by atoms with Gasteiger partial charge < -0.3 is 9.67 Å². The molecule has 2 heterocycles. The number of aliphatic hydroxyl groups is 1. The molecule has 2 aromatic rings. The third-order valence-corrected chi connectivity index (χ3v) is 3.93. The lowest BCUT2D eigenvalue weighted by Gasteiger charge is -2.17. The summed E-state index contributed by atoms with van der Waals surface area (Å²) in [5.74, 6) is 0.982. The Morgan fingerprint density at radius 1 is 1.33 bits per heavy atom. The minimum Gasteiger partial charge on any atom is -0.390 e. The average molecular weight is 307 g/mol. The molecule has 0 saturated heterocycles. The molecule has 4 heteroatoms. The topological polar surface area (TPSA) is 38.1 Å². The number of halogens is 1. The van der Waals surface area contributed by atoms with E-state index in [9.17, 15) is 5.11 Å². The summed E-state index contributed by atoms with van der Waals surface area (Å²) < 4.78 is 3.32. The molecule has 0 radical (unpaired) electrons. The number of aliphatic hydroxyl groups excluding tert-OH is 1. The van der Waals surface area contributed by atoms with Crippen LogP contribution in [0.3, 0.4) is 0 Å². The summed E-state index contributed by atoms with van der Waals surface area (Å²) in [4.78, 5) is 4.61. The van der Waals surface area contributed by atoms with E-state index in [1.165, 1.54) is 18.5 Å². The maximum Gasteiger partial charge on any atom is 0.140 e. The van der Waals surface area contributed by atoms with E-state index in [-0.39, 0.29) is 6.61 Å². The molecule has 0 unspecified atom stereocenters. The molecule has 1 aliphatic heterocycles. The highest BCUT2D eigenvalue weighted by Crippen LogP contribution is 2.28. The van der Waals surface area contributed by atoms with Gasteiger partial charge in [0.15, 0.2) is 0 Å². The molecule has 1 N–H and O–H groups in total. The molecule has 1 aromatic heterocycles. The van der Waals surface area contributed by atoms with Crippen LogP contribution in [0.1, 0.15) is 24.2 Å². The van der Waals surface area contributed by atoms with E-state index in [4.69, 9.17) is 0 Å². The molecule has 0 fully saturated rings. The van der Waals surface area contributed by atoms with E-state index in [1.54, 1.807) is 0 Å². The Morgan fingerprint density at radius 3 is 3.00 bits per heavy atom. The van der Waals surface area contributed by atoms with Gasteiger partial charge in [-0.1, -0.05) is 28.1 Å². The van der Waals surface area contributed by atoms with Gasteiger partial charge in [0.1, 0.15) is 5.82 Å². The lowest BCUT2D eigenvalue weighted by atomic mass is 10.1. The van der Waals surface area contributed by atoms with Crippen LogP contribution in [0.25, 0.3) is 11.4 Å². The van der Waals surface area contributed by atoms with Gasteiger partial charge in [-0.05, 0) is 31.4 Å². The van der Waals surface area contributed by atoms with Gasteiger partial charge in [0.25, 0.3) is 0 Å². The lowest BCUT2D eigenvalue weighted by molar-refractivity contribution is 0.275. The standard InChI is InChI=1S/C14H15BrN2O/c15-11-5-3-4-10(8-11)14-16-12(9-18)13-6-1-2-7-17(13)14/h3-5,8,18H,1-2,6-7,9H2. The van der Waals surface area contributed by atoms with E-state index in [1.807, 2.05) is 12.1 Å². The Morgan fingerprint density at radius 2 is 2.22 bits per heavy atom.